The van der Waals surface area contributed by atoms with Crippen molar-refractivity contribution in [2.24, 2.45) is 0 Å². The Morgan fingerprint density at radius 3 is 2.74 bits per heavy atom. The second-order valence-electron chi connectivity index (χ2n) is 6.11. The number of hydrogen-bond donors (Lipinski definition) is 2. The number of hydrogen-bond acceptors (Lipinski definition) is 4. The molecule has 4 nitrogen and oxygen atoms in total. The zero-order chi connectivity index (χ0) is 13.5. The van der Waals surface area contributed by atoms with Gasteiger partial charge in [-0.2, -0.15) is 0 Å². The summed E-state index contributed by atoms with van der Waals surface area (Å²) in [5.41, 5.74) is 0. The molecule has 4 heteroatoms. The first-order valence-corrected chi connectivity index (χ1v) is 8.14. The van der Waals surface area contributed by atoms with Crippen molar-refractivity contribution in [2.45, 2.75) is 51.1 Å². The minimum atomic E-state index is 0.296. The number of nitrogens with zero attached hydrogens (tertiary/aromatic N) is 2. The van der Waals surface area contributed by atoms with Crippen LogP contribution < -0.4 is 5.32 Å². The van der Waals surface area contributed by atoms with E-state index in [0.717, 1.165) is 25.6 Å². The molecule has 2 rings (SSSR count). The Morgan fingerprint density at radius 2 is 2.05 bits per heavy atom. The van der Waals surface area contributed by atoms with Crippen LogP contribution in [0.25, 0.3) is 0 Å². The molecule has 0 bridgehead atoms. The highest BCUT2D eigenvalue weighted by molar-refractivity contribution is 4.87. The zero-order valence-corrected chi connectivity index (χ0v) is 12.5. The first-order chi connectivity index (χ1) is 9.33. The molecule has 2 N–H and O–H groups in total. The molecule has 0 radical (unpaired) electrons. The highest BCUT2D eigenvalue weighted by atomic mass is 16.3. The molecule has 0 amide bonds. The van der Waals surface area contributed by atoms with E-state index in [9.17, 15) is 0 Å². The van der Waals surface area contributed by atoms with Crippen LogP contribution in [-0.2, 0) is 0 Å². The maximum absolute atomic E-state index is 9.17. The highest BCUT2D eigenvalue weighted by Crippen LogP contribution is 2.20. The number of likely N-dealkylation sites (tertiary alicyclic amines) is 2. The van der Waals surface area contributed by atoms with E-state index in [0.29, 0.717) is 12.6 Å². The van der Waals surface area contributed by atoms with Crippen LogP contribution >= 0.6 is 0 Å². The predicted molar refractivity (Wildman–Crippen MR) is 79.4 cm³/mol. The van der Waals surface area contributed by atoms with Gasteiger partial charge in [0.25, 0.3) is 0 Å². The Labute approximate surface area is 118 Å². The van der Waals surface area contributed by atoms with E-state index in [1.807, 2.05) is 0 Å². The van der Waals surface area contributed by atoms with Gasteiger partial charge >= 0.3 is 0 Å². The van der Waals surface area contributed by atoms with E-state index >= 15 is 0 Å². The summed E-state index contributed by atoms with van der Waals surface area (Å²) in [7, 11) is 0. The van der Waals surface area contributed by atoms with Gasteiger partial charge in [-0.05, 0) is 58.3 Å². The molecule has 0 spiro atoms. The molecule has 2 heterocycles. The third-order valence-corrected chi connectivity index (χ3v) is 4.54. The molecule has 0 aliphatic carbocycles. The second kappa shape index (κ2) is 8.20. The first-order valence-electron chi connectivity index (χ1n) is 8.14. The molecule has 0 aromatic carbocycles. The van der Waals surface area contributed by atoms with Gasteiger partial charge in [0.2, 0.25) is 0 Å². The van der Waals surface area contributed by atoms with Crippen molar-refractivity contribution >= 4 is 0 Å². The van der Waals surface area contributed by atoms with Crippen molar-refractivity contribution in [1.29, 1.82) is 0 Å². The average molecular weight is 269 g/mol. The molecule has 19 heavy (non-hydrogen) atoms. The van der Waals surface area contributed by atoms with E-state index in [-0.39, 0.29) is 0 Å². The van der Waals surface area contributed by atoms with E-state index < -0.39 is 0 Å². The van der Waals surface area contributed by atoms with Gasteiger partial charge in [-0.15, -0.1) is 0 Å². The third kappa shape index (κ3) is 4.71. The van der Waals surface area contributed by atoms with Crippen LogP contribution in [0.4, 0.5) is 0 Å². The summed E-state index contributed by atoms with van der Waals surface area (Å²) in [6, 6.07) is 1.26. The summed E-state index contributed by atoms with van der Waals surface area (Å²) in [6.07, 6.45) is 6.16. The van der Waals surface area contributed by atoms with Gasteiger partial charge in [0.05, 0.1) is 0 Å². The van der Waals surface area contributed by atoms with Crippen molar-refractivity contribution < 1.29 is 5.11 Å². The van der Waals surface area contributed by atoms with Crippen LogP contribution in [0.1, 0.15) is 39.0 Å². The third-order valence-electron chi connectivity index (χ3n) is 4.54. The smallest absolute Gasteiger partial charge is 0.0446 e. The van der Waals surface area contributed by atoms with Gasteiger partial charge in [-0.25, -0.2) is 0 Å². The molecule has 2 aliphatic heterocycles. The van der Waals surface area contributed by atoms with Gasteiger partial charge in [0, 0.05) is 31.8 Å². The predicted octanol–water partition coefficient (Wildman–Crippen LogP) is 0.907. The van der Waals surface area contributed by atoms with Crippen molar-refractivity contribution in [1.82, 2.24) is 15.1 Å². The van der Waals surface area contributed by atoms with Crippen LogP contribution in [-0.4, -0.2) is 72.9 Å². The number of aliphatic hydroxyl groups is 1. The molecule has 2 saturated heterocycles. The minimum absolute atomic E-state index is 0.296. The lowest BCUT2D eigenvalue weighted by Gasteiger charge is -2.26. The average Bonchev–Trinajstić information content (AvgIpc) is 3.06. The topological polar surface area (TPSA) is 38.7 Å². The van der Waals surface area contributed by atoms with E-state index in [1.165, 1.54) is 51.9 Å². The van der Waals surface area contributed by atoms with Gasteiger partial charge in [0.15, 0.2) is 0 Å². The molecule has 0 saturated carbocycles. The molecule has 0 aromatic heterocycles. The second-order valence-corrected chi connectivity index (χ2v) is 6.11. The molecule has 112 valence electrons. The lowest BCUT2D eigenvalue weighted by molar-refractivity contribution is 0.206. The monoisotopic (exact) mass is 269 g/mol. The van der Waals surface area contributed by atoms with Crippen LogP contribution in [0.3, 0.4) is 0 Å². The molecule has 2 fully saturated rings. The normalized spacial score (nSPS) is 27.2. The summed E-state index contributed by atoms with van der Waals surface area (Å²) in [4.78, 5) is 5.27. The molecule has 2 unspecified atom stereocenters. The lowest BCUT2D eigenvalue weighted by Crippen LogP contribution is -2.42. The summed E-state index contributed by atoms with van der Waals surface area (Å²) in [5, 5.41) is 12.7. The van der Waals surface area contributed by atoms with E-state index in [2.05, 4.69) is 22.0 Å². The van der Waals surface area contributed by atoms with Gasteiger partial charge < -0.3 is 15.3 Å². The van der Waals surface area contributed by atoms with Crippen LogP contribution in [0.15, 0.2) is 0 Å². The first kappa shape index (κ1) is 15.2. The number of rotatable bonds is 8. The van der Waals surface area contributed by atoms with Crippen LogP contribution in [0.5, 0.6) is 0 Å². The molecule has 2 aliphatic rings. The van der Waals surface area contributed by atoms with E-state index in [1.54, 1.807) is 0 Å². The van der Waals surface area contributed by atoms with Crippen LogP contribution in [0.2, 0.25) is 0 Å². The highest BCUT2D eigenvalue weighted by Gasteiger charge is 2.29. The maximum Gasteiger partial charge on any atom is 0.0446 e. The van der Waals surface area contributed by atoms with E-state index in [4.69, 9.17) is 5.11 Å². The molecule has 0 aromatic rings. The van der Waals surface area contributed by atoms with Gasteiger partial charge in [-0.1, -0.05) is 6.92 Å². The SMILES string of the molecule is CCCNC(CCO)CN1CCC(N2CCCC2)C1. The maximum atomic E-state index is 9.17. The van der Waals surface area contributed by atoms with Crippen molar-refractivity contribution in [3.05, 3.63) is 0 Å². The standard InChI is InChI=1S/C15H31N3O/c1-2-7-16-14(6-11-19)12-17-10-5-15(13-17)18-8-3-4-9-18/h14-16,19H,2-13H2,1H3. The Balaban J connectivity index is 1.72. The fourth-order valence-corrected chi connectivity index (χ4v) is 3.46. The Morgan fingerprint density at radius 1 is 1.26 bits per heavy atom. The summed E-state index contributed by atoms with van der Waals surface area (Å²) in [6.45, 7) is 9.75. The number of aliphatic hydroxyl groups excluding tert-OH is 1. The lowest BCUT2D eigenvalue weighted by atomic mass is 10.2. The van der Waals surface area contributed by atoms with Gasteiger partial charge in [0.1, 0.15) is 0 Å². The zero-order valence-electron chi connectivity index (χ0n) is 12.5. The molecular formula is C15H31N3O. The largest absolute Gasteiger partial charge is 0.396 e. The molecular weight excluding hydrogens is 238 g/mol. The van der Waals surface area contributed by atoms with Crippen LogP contribution in [0, 0.1) is 0 Å². The fraction of sp³-hybridized carbons (Fsp3) is 1.00. The Bertz CT molecular complexity index is 244. The number of nitrogens with one attached hydrogen (secondary N) is 1. The van der Waals surface area contributed by atoms with Crippen molar-refractivity contribution in [3.8, 4) is 0 Å². The van der Waals surface area contributed by atoms with Gasteiger partial charge in [-0.3, -0.25) is 4.90 Å². The van der Waals surface area contributed by atoms with Crippen molar-refractivity contribution in [3.63, 3.8) is 0 Å². The minimum Gasteiger partial charge on any atom is -0.396 e. The molecule has 2 atom stereocenters. The fourth-order valence-electron chi connectivity index (χ4n) is 3.46. The summed E-state index contributed by atoms with van der Waals surface area (Å²) in [5.74, 6) is 0. The summed E-state index contributed by atoms with van der Waals surface area (Å²) < 4.78 is 0. The Hall–Kier alpha value is -0.160. The quantitative estimate of drug-likeness (QED) is 0.687. The van der Waals surface area contributed by atoms with Crippen molar-refractivity contribution in [2.75, 3.05) is 45.9 Å². The summed E-state index contributed by atoms with van der Waals surface area (Å²) >= 11 is 0. The Kier molecular flexibility index (Phi) is 6.57.